The molecule has 1 saturated heterocycles. The number of hydrogen-bond acceptors (Lipinski definition) is 5. The van der Waals surface area contributed by atoms with Crippen molar-refractivity contribution in [2.75, 3.05) is 26.0 Å². The maximum atomic E-state index is 12.4. The van der Waals surface area contributed by atoms with Crippen LogP contribution in [0, 0.1) is 0 Å². The Morgan fingerprint density at radius 3 is 2.68 bits per heavy atom. The first-order chi connectivity index (χ1) is 8.93. The highest BCUT2D eigenvalue weighted by Crippen LogP contribution is 2.25. The van der Waals surface area contributed by atoms with E-state index in [-0.39, 0.29) is 21.8 Å². The van der Waals surface area contributed by atoms with E-state index < -0.39 is 10.0 Å². The summed E-state index contributed by atoms with van der Waals surface area (Å²) in [6.07, 6.45) is 2.60. The molecule has 106 valence electrons. The van der Waals surface area contributed by atoms with E-state index in [0.717, 1.165) is 0 Å². The van der Waals surface area contributed by atoms with E-state index in [1.54, 1.807) is 7.05 Å². The molecule has 0 unspecified atom stereocenters. The van der Waals surface area contributed by atoms with Crippen LogP contribution in [0.5, 0.6) is 0 Å². The molecule has 1 fully saturated rings. The first-order valence-corrected chi connectivity index (χ1v) is 7.71. The van der Waals surface area contributed by atoms with Crippen molar-refractivity contribution in [1.82, 2.24) is 9.29 Å². The Balaban J connectivity index is 2.27. The molecule has 0 amide bonds. The van der Waals surface area contributed by atoms with Crippen LogP contribution in [-0.4, -0.2) is 44.0 Å². The summed E-state index contributed by atoms with van der Waals surface area (Å²) >= 11 is 5.82. The Kier molecular flexibility index (Phi) is 4.29. The molecule has 8 heteroatoms. The van der Waals surface area contributed by atoms with Crippen molar-refractivity contribution in [1.29, 1.82) is 0 Å². The lowest BCUT2D eigenvalue weighted by Crippen LogP contribution is -2.40. The summed E-state index contributed by atoms with van der Waals surface area (Å²) in [6, 6.07) is 1.27. The number of rotatable bonds is 3. The highest BCUT2D eigenvalue weighted by molar-refractivity contribution is 7.89. The minimum atomic E-state index is -3.60. The summed E-state index contributed by atoms with van der Waals surface area (Å²) in [5.74, 6) is 0.120. The largest absolute Gasteiger partial charge is 0.382 e. The summed E-state index contributed by atoms with van der Waals surface area (Å²) in [6.45, 7) is 1.15. The average Bonchev–Trinajstić information content (AvgIpc) is 2.41. The number of sulfonamides is 1. The summed E-state index contributed by atoms with van der Waals surface area (Å²) in [5, 5.41) is 0.140. The summed E-state index contributed by atoms with van der Waals surface area (Å²) in [4.78, 5) is 3.84. The molecule has 0 aliphatic carbocycles. The van der Waals surface area contributed by atoms with Gasteiger partial charge in [0, 0.05) is 32.5 Å². The third-order valence-corrected chi connectivity index (χ3v) is 5.40. The number of nitrogen functional groups attached to an aromatic ring is 1. The number of nitrogens with two attached hydrogens (primary N) is 1. The molecule has 0 bridgehead atoms. The highest BCUT2D eigenvalue weighted by atomic mass is 35.5. The van der Waals surface area contributed by atoms with Crippen LogP contribution in [-0.2, 0) is 14.8 Å². The third kappa shape index (κ3) is 3.00. The summed E-state index contributed by atoms with van der Waals surface area (Å²) < 4.78 is 31.5. The molecule has 0 aromatic carbocycles. The van der Waals surface area contributed by atoms with Crippen molar-refractivity contribution in [2.45, 2.75) is 23.8 Å². The lowest BCUT2D eigenvalue weighted by molar-refractivity contribution is 0.0632. The molecular weight excluding hydrogens is 290 g/mol. The van der Waals surface area contributed by atoms with Crippen molar-refractivity contribution >= 4 is 27.4 Å². The van der Waals surface area contributed by atoms with Crippen LogP contribution in [0.2, 0.25) is 5.02 Å². The maximum Gasteiger partial charge on any atom is 0.244 e. The zero-order chi connectivity index (χ0) is 14.0. The van der Waals surface area contributed by atoms with Crippen LogP contribution in [0.4, 0.5) is 5.82 Å². The van der Waals surface area contributed by atoms with Crippen molar-refractivity contribution in [3.63, 3.8) is 0 Å². The van der Waals surface area contributed by atoms with Gasteiger partial charge in [-0.15, -0.1) is 0 Å². The molecular formula is C11H16ClN3O3S. The monoisotopic (exact) mass is 305 g/mol. The second-order valence-corrected chi connectivity index (χ2v) is 6.81. The van der Waals surface area contributed by atoms with Gasteiger partial charge in [0.05, 0.1) is 5.02 Å². The normalized spacial score (nSPS) is 17.8. The maximum absolute atomic E-state index is 12.4. The van der Waals surface area contributed by atoms with E-state index in [4.69, 9.17) is 22.1 Å². The molecule has 19 heavy (non-hydrogen) atoms. The predicted octanol–water partition coefficient (Wildman–Crippen LogP) is 1.12. The summed E-state index contributed by atoms with van der Waals surface area (Å²) in [7, 11) is -2.04. The van der Waals surface area contributed by atoms with Gasteiger partial charge in [0.2, 0.25) is 10.0 Å². The van der Waals surface area contributed by atoms with Crippen LogP contribution >= 0.6 is 11.6 Å². The zero-order valence-electron chi connectivity index (χ0n) is 10.5. The van der Waals surface area contributed by atoms with Crippen LogP contribution < -0.4 is 5.73 Å². The van der Waals surface area contributed by atoms with E-state index in [9.17, 15) is 8.42 Å². The predicted molar refractivity (Wildman–Crippen MR) is 72.4 cm³/mol. The Morgan fingerprint density at radius 2 is 2.11 bits per heavy atom. The topological polar surface area (TPSA) is 85.5 Å². The summed E-state index contributed by atoms with van der Waals surface area (Å²) in [5.41, 5.74) is 5.48. The quantitative estimate of drug-likeness (QED) is 0.904. The second-order valence-electron chi connectivity index (χ2n) is 4.40. The molecule has 0 radical (unpaired) electrons. The number of ether oxygens (including phenoxy) is 1. The van der Waals surface area contributed by atoms with Gasteiger partial charge in [-0.2, -0.15) is 4.31 Å². The fourth-order valence-electron chi connectivity index (χ4n) is 1.98. The first-order valence-electron chi connectivity index (χ1n) is 5.89. The number of pyridine rings is 1. The average molecular weight is 306 g/mol. The molecule has 1 aliphatic heterocycles. The van der Waals surface area contributed by atoms with E-state index in [0.29, 0.717) is 26.1 Å². The third-order valence-electron chi connectivity index (χ3n) is 3.23. The van der Waals surface area contributed by atoms with Gasteiger partial charge in [0.1, 0.15) is 10.7 Å². The number of hydrogen-bond donors (Lipinski definition) is 1. The minimum Gasteiger partial charge on any atom is -0.382 e. The molecule has 2 rings (SSSR count). The van der Waals surface area contributed by atoms with Gasteiger partial charge in [-0.1, -0.05) is 11.6 Å². The minimum absolute atomic E-state index is 0.0562. The molecule has 0 saturated carbocycles. The standard InChI is InChI=1S/C11H16ClN3O3S/c1-15(8-2-4-18-5-3-8)19(16,17)9-6-10(12)11(13)14-7-9/h6-8H,2-5H2,1H3,(H2,13,14). The zero-order valence-corrected chi connectivity index (χ0v) is 12.1. The second kappa shape index (κ2) is 5.62. The van der Waals surface area contributed by atoms with Crippen molar-refractivity contribution in [3.05, 3.63) is 17.3 Å². The Hall–Kier alpha value is -0.890. The Morgan fingerprint density at radius 1 is 1.47 bits per heavy atom. The molecule has 0 atom stereocenters. The molecule has 1 aromatic rings. The van der Waals surface area contributed by atoms with Gasteiger partial charge < -0.3 is 10.5 Å². The molecule has 2 N–H and O–H groups in total. The molecule has 2 heterocycles. The van der Waals surface area contributed by atoms with E-state index in [2.05, 4.69) is 4.98 Å². The lowest BCUT2D eigenvalue weighted by Gasteiger charge is -2.30. The van der Waals surface area contributed by atoms with Gasteiger partial charge in [-0.05, 0) is 18.9 Å². The van der Waals surface area contributed by atoms with Crippen LogP contribution in [0.3, 0.4) is 0 Å². The molecule has 1 aliphatic rings. The van der Waals surface area contributed by atoms with Crippen LogP contribution in [0.1, 0.15) is 12.8 Å². The van der Waals surface area contributed by atoms with Crippen LogP contribution in [0.25, 0.3) is 0 Å². The Bertz CT molecular complexity index is 558. The van der Waals surface area contributed by atoms with Crippen molar-refractivity contribution in [2.24, 2.45) is 0 Å². The van der Waals surface area contributed by atoms with E-state index in [1.807, 2.05) is 0 Å². The number of anilines is 1. The highest BCUT2D eigenvalue weighted by Gasteiger charge is 2.29. The SMILES string of the molecule is CN(C1CCOCC1)S(=O)(=O)c1cnc(N)c(Cl)c1. The Labute approximate surface area is 117 Å². The van der Waals surface area contributed by atoms with E-state index in [1.165, 1.54) is 16.6 Å². The van der Waals surface area contributed by atoms with Gasteiger partial charge >= 0.3 is 0 Å². The van der Waals surface area contributed by atoms with Crippen LogP contribution in [0.15, 0.2) is 17.2 Å². The molecule has 0 spiro atoms. The molecule has 6 nitrogen and oxygen atoms in total. The fraction of sp³-hybridized carbons (Fsp3) is 0.545. The van der Waals surface area contributed by atoms with Gasteiger partial charge in [0.25, 0.3) is 0 Å². The number of nitrogens with zero attached hydrogens (tertiary/aromatic N) is 2. The molecule has 1 aromatic heterocycles. The van der Waals surface area contributed by atoms with Crippen molar-refractivity contribution in [3.8, 4) is 0 Å². The van der Waals surface area contributed by atoms with E-state index >= 15 is 0 Å². The smallest absolute Gasteiger partial charge is 0.244 e. The van der Waals surface area contributed by atoms with Crippen molar-refractivity contribution < 1.29 is 13.2 Å². The van der Waals surface area contributed by atoms with Gasteiger partial charge in [-0.25, -0.2) is 13.4 Å². The fourth-order valence-corrected chi connectivity index (χ4v) is 3.60. The lowest BCUT2D eigenvalue weighted by atomic mass is 10.1. The number of aromatic nitrogens is 1. The van der Waals surface area contributed by atoms with Gasteiger partial charge in [0.15, 0.2) is 0 Å². The first kappa shape index (κ1) is 14.5. The number of halogens is 1. The van der Waals surface area contributed by atoms with Gasteiger partial charge in [-0.3, -0.25) is 0 Å².